The van der Waals surface area contributed by atoms with E-state index in [1.165, 1.54) is 0 Å². The van der Waals surface area contributed by atoms with Gasteiger partial charge in [0.25, 0.3) is 0 Å². The number of benzene rings is 1. The third-order valence-electron chi connectivity index (χ3n) is 3.24. The second-order valence-corrected chi connectivity index (χ2v) is 5.15. The molecule has 18 heavy (non-hydrogen) atoms. The van der Waals surface area contributed by atoms with E-state index in [-0.39, 0.29) is 6.04 Å². The Kier molecular flexibility index (Phi) is 4.91. The van der Waals surface area contributed by atoms with Crippen molar-refractivity contribution in [2.75, 3.05) is 21.2 Å². The average Bonchev–Trinajstić information content (AvgIpc) is 2.30. The molecule has 0 fully saturated rings. The first kappa shape index (κ1) is 14.7. The lowest BCUT2D eigenvalue weighted by Gasteiger charge is -2.23. The molecule has 0 saturated carbocycles. The number of methoxy groups -OCH3 is 1. The molecule has 0 bridgehead atoms. The highest BCUT2D eigenvalue weighted by molar-refractivity contribution is 5.63. The van der Waals surface area contributed by atoms with E-state index in [1.807, 2.05) is 32.0 Å². The zero-order valence-corrected chi connectivity index (χ0v) is 12.2. The molecule has 0 heterocycles. The third kappa shape index (κ3) is 2.91. The Balaban J connectivity index is 3.37. The molecule has 0 aliphatic carbocycles. The molecule has 1 aromatic rings. The summed E-state index contributed by atoms with van der Waals surface area (Å²) in [4.78, 5) is 13.2. The zero-order chi connectivity index (χ0) is 13.9. The van der Waals surface area contributed by atoms with Crippen LogP contribution in [-0.4, -0.2) is 32.4 Å². The number of carbonyl (C=O) groups excluding carboxylic acids is 1. The maximum atomic E-state index is 11.3. The Bertz CT molecular complexity index is 425. The molecule has 0 aromatic heterocycles. The highest BCUT2D eigenvalue weighted by Crippen LogP contribution is 2.32. The summed E-state index contributed by atoms with van der Waals surface area (Å²) in [6, 6.07) is 3.91. The van der Waals surface area contributed by atoms with Crippen molar-refractivity contribution < 1.29 is 9.53 Å². The number of hydrogen-bond donors (Lipinski definition) is 0. The second kappa shape index (κ2) is 6.01. The van der Waals surface area contributed by atoms with Gasteiger partial charge in [0, 0.05) is 0 Å². The standard InChI is InChI=1S/C15H23NO2/c1-10(2)12-8-13(14(9-17)16(4)5)11(3)7-15(12)18-6/h7-10,14H,1-6H3. The van der Waals surface area contributed by atoms with Crippen LogP contribution in [0.1, 0.15) is 42.5 Å². The number of hydrogen-bond acceptors (Lipinski definition) is 3. The van der Waals surface area contributed by atoms with Gasteiger partial charge in [-0.3, -0.25) is 4.90 Å². The van der Waals surface area contributed by atoms with E-state index in [2.05, 4.69) is 19.9 Å². The predicted molar refractivity (Wildman–Crippen MR) is 74.3 cm³/mol. The van der Waals surface area contributed by atoms with Gasteiger partial charge in [-0.25, -0.2) is 0 Å². The average molecular weight is 249 g/mol. The maximum absolute atomic E-state index is 11.3. The quantitative estimate of drug-likeness (QED) is 0.751. The van der Waals surface area contributed by atoms with E-state index in [4.69, 9.17) is 4.74 Å². The molecule has 3 heteroatoms. The van der Waals surface area contributed by atoms with Crippen molar-refractivity contribution in [3.8, 4) is 5.75 Å². The monoisotopic (exact) mass is 249 g/mol. The van der Waals surface area contributed by atoms with Crippen molar-refractivity contribution in [2.45, 2.75) is 32.7 Å². The Morgan fingerprint density at radius 2 is 1.83 bits per heavy atom. The minimum Gasteiger partial charge on any atom is -0.496 e. The molecule has 0 aliphatic heterocycles. The Hall–Kier alpha value is -1.35. The van der Waals surface area contributed by atoms with Crippen LogP contribution in [-0.2, 0) is 4.79 Å². The minimum atomic E-state index is -0.201. The summed E-state index contributed by atoms with van der Waals surface area (Å²) in [5.74, 6) is 1.27. The molecule has 0 spiro atoms. The number of carbonyl (C=O) groups is 1. The van der Waals surface area contributed by atoms with Crippen LogP contribution in [0.3, 0.4) is 0 Å². The minimum absolute atomic E-state index is 0.201. The number of nitrogens with zero attached hydrogens (tertiary/aromatic N) is 1. The number of likely N-dealkylation sites (N-methyl/N-ethyl adjacent to an activating group) is 1. The lowest BCUT2D eigenvalue weighted by molar-refractivity contribution is -0.111. The van der Waals surface area contributed by atoms with Gasteiger partial charge in [-0.2, -0.15) is 0 Å². The van der Waals surface area contributed by atoms with E-state index >= 15 is 0 Å². The summed E-state index contributed by atoms with van der Waals surface area (Å²) < 4.78 is 5.41. The first-order chi connectivity index (χ1) is 8.42. The normalized spacial score (nSPS) is 12.9. The highest BCUT2D eigenvalue weighted by atomic mass is 16.5. The summed E-state index contributed by atoms with van der Waals surface area (Å²) >= 11 is 0. The second-order valence-electron chi connectivity index (χ2n) is 5.15. The van der Waals surface area contributed by atoms with Crippen LogP contribution in [0.2, 0.25) is 0 Å². The van der Waals surface area contributed by atoms with E-state index in [0.717, 1.165) is 28.7 Å². The van der Waals surface area contributed by atoms with Crippen LogP contribution in [0, 0.1) is 6.92 Å². The molecule has 100 valence electrons. The van der Waals surface area contributed by atoms with Gasteiger partial charge in [-0.05, 0) is 55.8 Å². The summed E-state index contributed by atoms with van der Waals surface area (Å²) in [5.41, 5.74) is 3.29. The molecular formula is C15H23NO2. The number of rotatable bonds is 5. The molecule has 1 aromatic carbocycles. The fourth-order valence-corrected chi connectivity index (χ4v) is 2.14. The maximum Gasteiger partial charge on any atom is 0.141 e. The van der Waals surface area contributed by atoms with Crippen molar-refractivity contribution in [1.29, 1.82) is 0 Å². The van der Waals surface area contributed by atoms with E-state index in [1.54, 1.807) is 7.11 Å². The van der Waals surface area contributed by atoms with Gasteiger partial charge in [0.2, 0.25) is 0 Å². The first-order valence-electron chi connectivity index (χ1n) is 6.22. The van der Waals surface area contributed by atoms with Gasteiger partial charge < -0.3 is 9.53 Å². The zero-order valence-electron chi connectivity index (χ0n) is 12.2. The fraction of sp³-hybridized carbons (Fsp3) is 0.533. The van der Waals surface area contributed by atoms with Crippen LogP contribution in [0.5, 0.6) is 5.75 Å². The van der Waals surface area contributed by atoms with Crippen molar-refractivity contribution >= 4 is 6.29 Å². The molecule has 3 nitrogen and oxygen atoms in total. The lowest BCUT2D eigenvalue weighted by atomic mass is 9.93. The smallest absolute Gasteiger partial charge is 0.141 e. The number of aryl methyl sites for hydroxylation is 1. The molecule has 0 radical (unpaired) electrons. The van der Waals surface area contributed by atoms with E-state index < -0.39 is 0 Å². The Labute approximate surface area is 110 Å². The molecule has 0 saturated heterocycles. The van der Waals surface area contributed by atoms with Crippen LogP contribution >= 0.6 is 0 Å². The van der Waals surface area contributed by atoms with Crippen LogP contribution in [0.4, 0.5) is 0 Å². The van der Waals surface area contributed by atoms with Crippen molar-refractivity contribution in [2.24, 2.45) is 0 Å². The van der Waals surface area contributed by atoms with Gasteiger partial charge in [0.1, 0.15) is 12.0 Å². The van der Waals surface area contributed by atoms with Gasteiger partial charge >= 0.3 is 0 Å². The molecule has 0 aliphatic rings. The van der Waals surface area contributed by atoms with Gasteiger partial charge in [-0.1, -0.05) is 13.8 Å². The molecule has 0 amide bonds. The summed E-state index contributed by atoms with van der Waals surface area (Å²) in [6.45, 7) is 6.27. The summed E-state index contributed by atoms with van der Waals surface area (Å²) in [6.07, 6.45) is 0.985. The first-order valence-corrected chi connectivity index (χ1v) is 6.22. The topological polar surface area (TPSA) is 29.5 Å². The third-order valence-corrected chi connectivity index (χ3v) is 3.24. The van der Waals surface area contributed by atoms with Gasteiger partial charge in [0.15, 0.2) is 0 Å². The molecule has 0 N–H and O–H groups in total. The molecule has 1 unspecified atom stereocenters. The van der Waals surface area contributed by atoms with Crippen LogP contribution in [0.25, 0.3) is 0 Å². The lowest BCUT2D eigenvalue weighted by Crippen LogP contribution is -2.22. The van der Waals surface area contributed by atoms with Crippen molar-refractivity contribution in [3.05, 3.63) is 28.8 Å². The largest absolute Gasteiger partial charge is 0.496 e. The van der Waals surface area contributed by atoms with Gasteiger partial charge in [-0.15, -0.1) is 0 Å². The predicted octanol–water partition coefficient (Wildman–Crippen LogP) is 2.93. The molecular weight excluding hydrogens is 226 g/mol. The SMILES string of the molecule is COc1cc(C)c(C(C=O)N(C)C)cc1C(C)C. The molecule has 1 atom stereocenters. The van der Waals surface area contributed by atoms with E-state index in [9.17, 15) is 4.79 Å². The van der Waals surface area contributed by atoms with Crippen LogP contribution < -0.4 is 4.74 Å². The van der Waals surface area contributed by atoms with Gasteiger partial charge in [0.05, 0.1) is 13.2 Å². The highest BCUT2D eigenvalue weighted by Gasteiger charge is 2.19. The van der Waals surface area contributed by atoms with Crippen LogP contribution in [0.15, 0.2) is 12.1 Å². The molecule has 1 rings (SSSR count). The Morgan fingerprint density at radius 3 is 2.22 bits per heavy atom. The van der Waals surface area contributed by atoms with E-state index in [0.29, 0.717) is 5.92 Å². The number of ether oxygens (including phenoxy) is 1. The summed E-state index contributed by atoms with van der Waals surface area (Å²) in [5, 5.41) is 0. The summed E-state index contributed by atoms with van der Waals surface area (Å²) in [7, 11) is 5.51. The van der Waals surface area contributed by atoms with Crippen molar-refractivity contribution in [1.82, 2.24) is 4.90 Å². The number of aldehydes is 1. The fourth-order valence-electron chi connectivity index (χ4n) is 2.14. The Morgan fingerprint density at radius 1 is 1.22 bits per heavy atom. The van der Waals surface area contributed by atoms with Crippen molar-refractivity contribution in [3.63, 3.8) is 0 Å².